The van der Waals surface area contributed by atoms with Crippen molar-refractivity contribution in [1.82, 2.24) is 10.3 Å². The van der Waals surface area contributed by atoms with Crippen molar-refractivity contribution >= 4 is 5.97 Å². The van der Waals surface area contributed by atoms with Gasteiger partial charge in [0.15, 0.2) is 5.69 Å². The van der Waals surface area contributed by atoms with Crippen molar-refractivity contribution in [2.45, 2.75) is 26.4 Å². The van der Waals surface area contributed by atoms with Crippen LogP contribution in [-0.2, 0) is 11.3 Å². The lowest BCUT2D eigenvalue weighted by molar-refractivity contribution is 0.0594. The highest BCUT2D eigenvalue weighted by Crippen LogP contribution is 2.24. The quantitative estimate of drug-likeness (QED) is 0.791. The molecule has 0 aliphatic heterocycles. The van der Waals surface area contributed by atoms with Crippen molar-refractivity contribution in [1.29, 1.82) is 0 Å². The summed E-state index contributed by atoms with van der Waals surface area (Å²) in [6, 6.07) is 8.08. The number of hydrogen-bond donors (Lipinski definition) is 1. The van der Waals surface area contributed by atoms with E-state index in [9.17, 15) is 4.79 Å². The van der Waals surface area contributed by atoms with Gasteiger partial charge in [-0.25, -0.2) is 9.78 Å². The molecule has 23 heavy (non-hydrogen) atoms. The highest BCUT2D eigenvalue weighted by Gasteiger charge is 2.18. The second kappa shape index (κ2) is 7.78. The molecule has 0 fully saturated rings. The number of aromatic nitrogens is 1. The fraction of sp³-hybridized carbons (Fsp3) is 0.412. The number of methoxy groups -OCH3 is 2. The van der Waals surface area contributed by atoms with Crippen molar-refractivity contribution in [3.8, 4) is 5.75 Å². The number of nitrogens with one attached hydrogen (secondary N) is 1. The monoisotopic (exact) mass is 318 g/mol. The van der Waals surface area contributed by atoms with E-state index in [1.165, 1.54) is 13.4 Å². The molecular weight excluding hydrogens is 296 g/mol. The molecule has 1 heterocycles. The van der Waals surface area contributed by atoms with Crippen LogP contribution in [0.25, 0.3) is 0 Å². The molecule has 0 bridgehead atoms. The molecule has 0 saturated heterocycles. The molecule has 6 heteroatoms. The molecule has 1 atom stereocenters. The van der Waals surface area contributed by atoms with E-state index in [2.05, 4.69) is 28.9 Å². The standard InChI is InChI=1S/C17H22N2O4/c1-11(2)16(12-5-7-13(21-3)8-6-12)18-9-15-19-14(10-23-15)17(20)22-4/h5-8,10-11,16,18H,9H2,1-4H3/t16-/m0/s1. The van der Waals surface area contributed by atoms with Gasteiger partial charge in [0.05, 0.1) is 20.8 Å². The Kier molecular flexibility index (Phi) is 5.76. The van der Waals surface area contributed by atoms with Crippen LogP contribution in [0, 0.1) is 5.92 Å². The van der Waals surface area contributed by atoms with Crippen LogP contribution in [0.1, 0.15) is 41.8 Å². The number of hydrogen-bond acceptors (Lipinski definition) is 6. The molecule has 0 amide bonds. The molecule has 0 aliphatic carbocycles. The minimum Gasteiger partial charge on any atom is -0.497 e. The molecule has 0 saturated carbocycles. The van der Waals surface area contributed by atoms with E-state index >= 15 is 0 Å². The number of esters is 1. The third kappa shape index (κ3) is 4.32. The Morgan fingerprint density at radius 3 is 2.52 bits per heavy atom. The highest BCUT2D eigenvalue weighted by molar-refractivity contribution is 5.86. The minimum absolute atomic E-state index is 0.134. The topological polar surface area (TPSA) is 73.6 Å². The van der Waals surface area contributed by atoms with Crippen molar-refractivity contribution in [3.63, 3.8) is 0 Å². The number of carbonyl (C=O) groups is 1. The summed E-state index contributed by atoms with van der Waals surface area (Å²) in [7, 11) is 2.96. The van der Waals surface area contributed by atoms with Crippen molar-refractivity contribution in [2.75, 3.05) is 14.2 Å². The Balaban J connectivity index is 2.04. The predicted octanol–water partition coefficient (Wildman–Crippen LogP) is 2.96. The van der Waals surface area contributed by atoms with Gasteiger partial charge < -0.3 is 19.2 Å². The van der Waals surface area contributed by atoms with Gasteiger partial charge in [0, 0.05) is 6.04 Å². The molecule has 0 spiro atoms. The molecular formula is C17H22N2O4. The molecule has 6 nitrogen and oxygen atoms in total. The molecule has 1 aromatic heterocycles. The van der Waals surface area contributed by atoms with Gasteiger partial charge in [0.2, 0.25) is 5.89 Å². The summed E-state index contributed by atoms with van der Waals surface area (Å²) in [6.07, 6.45) is 1.31. The van der Waals surface area contributed by atoms with E-state index < -0.39 is 5.97 Å². The van der Waals surface area contributed by atoms with E-state index in [0.717, 1.165) is 11.3 Å². The predicted molar refractivity (Wildman–Crippen MR) is 85.3 cm³/mol. The zero-order valence-electron chi connectivity index (χ0n) is 13.8. The first-order valence-corrected chi connectivity index (χ1v) is 7.45. The summed E-state index contributed by atoms with van der Waals surface area (Å²) < 4.78 is 15.1. The first kappa shape index (κ1) is 17.0. The lowest BCUT2D eigenvalue weighted by Crippen LogP contribution is -2.25. The lowest BCUT2D eigenvalue weighted by Gasteiger charge is -2.22. The van der Waals surface area contributed by atoms with Gasteiger partial charge in [-0.3, -0.25) is 0 Å². The smallest absolute Gasteiger partial charge is 0.360 e. The third-order valence-electron chi connectivity index (χ3n) is 3.56. The summed E-state index contributed by atoms with van der Waals surface area (Å²) in [5.74, 6) is 1.14. The van der Waals surface area contributed by atoms with Crippen LogP contribution in [0.15, 0.2) is 34.9 Å². The number of carbonyl (C=O) groups excluding carboxylic acids is 1. The normalized spacial score (nSPS) is 12.2. The summed E-state index contributed by atoms with van der Waals surface area (Å²) in [5, 5.41) is 3.41. The second-order valence-electron chi connectivity index (χ2n) is 5.49. The van der Waals surface area contributed by atoms with Gasteiger partial charge in [-0.1, -0.05) is 26.0 Å². The zero-order chi connectivity index (χ0) is 16.8. The van der Waals surface area contributed by atoms with Crippen LogP contribution in [-0.4, -0.2) is 25.2 Å². The van der Waals surface area contributed by atoms with Crippen LogP contribution in [0.4, 0.5) is 0 Å². The highest BCUT2D eigenvalue weighted by atomic mass is 16.5. The fourth-order valence-corrected chi connectivity index (χ4v) is 2.34. The van der Waals surface area contributed by atoms with Crippen molar-refractivity contribution < 1.29 is 18.7 Å². The SMILES string of the molecule is COC(=O)c1coc(CN[C@H](c2ccc(OC)cc2)C(C)C)n1. The van der Waals surface area contributed by atoms with Gasteiger partial charge in [-0.05, 0) is 23.6 Å². The van der Waals surface area contributed by atoms with E-state index in [1.807, 2.05) is 24.3 Å². The van der Waals surface area contributed by atoms with E-state index in [1.54, 1.807) is 7.11 Å². The molecule has 124 valence electrons. The van der Waals surface area contributed by atoms with E-state index in [-0.39, 0.29) is 11.7 Å². The van der Waals surface area contributed by atoms with Gasteiger partial charge in [-0.15, -0.1) is 0 Å². The number of oxazole rings is 1. The molecule has 0 aliphatic rings. The van der Waals surface area contributed by atoms with E-state index in [0.29, 0.717) is 18.4 Å². The average molecular weight is 318 g/mol. The number of ether oxygens (including phenoxy) is 2. The Bertz CT molecular complexity index is 634. The fourth-order valence-electron chi connectivity index (χ4n) is 2.34. The molecule has 0 unspecified atom stereocenters. The summed E-state index contributed by atoms with van der Waals surface area (Å²) in [6.45, 7) is 4.69. The zero-order valence-corrected chi connectivity index (χ0v) is 13.8. The lowest BCUT2D eigenvalue weighted by atomic mass is 9.96. The average Bonchev–Trinajstić information content (AvgIpc) is 3.03. The first-order chi connectivity index (χ1) is 11.0. The van der Waals surface area contributed by atoms with Crippen molar-refractivity contribution in [3.05, 3.63) is 47.7 Å². The third-order valence-corrected chi connectivity index (χ3v) is 3.56. The minimum atomic E-state index is -0.504. The van der Waals surface area contributed by atoms with Crippen LogP contribution in [0.5, 0.6) is 5.75 Å². The van der Waals surface area contributed by atoms with Gasteiger partial charge in [0.25, 0.3) is 0 Å². The maximum atomic E-state index is 11.4. The summed E-state index contributed by atoms with van der Waals surface area (Å²) in [4.78, 5) is 15.5. The molecule has 1 aromatic carbocycles. The van der Waals surface area contributed by atoms with Gasteiger partial charge >= 0.3 is 5.97 Å². The largest absolute Gasteiger partial charge is 0.497 e. The van der Waals surface area contributed by atoms with Crippen LogP contribution < -0.4 is 10.1 Å². The van der Waals surface area contributed by atoms with Gasteiger partial charge in [0.1, 0.15) is 12.0 Å². The Labute approximate surface area is 135 Å². The Morgan fingerprint density at radius 1 is 1.26 bits per heavy atom. The van der Waals surface area contributed by atoms with E-state index in [4.69, 9.17) is 9.15 Å². The maximum absolute atomic E-state index is 11.4. The molecule has 1 N–H and O–H groups in total. The first-order valence-electron chi connectivity index (χ1n) is 7.45. The van der Waals surface area contributed by atoms with Crippen molar-refractivity contribution in [2.24, 2.45) is 5.92 Å². The maximum Gasteiger partial charge on any atom is 0.360 e. The summed E-state index contributed by atoms with van der Waals surface area (Å²) >= 11 is 0. The van der Waals surface area contributed by atoms with Crippen LogP contribution in [0.2, 0.25) is 0 Å². The van der Waals surface area contributed by atoms with Crippen LogP contribution >= 0.6 is 0 Å². The molecule has 2 rings (SSSR count). The number of nitrogens with zero attached hydrogens (tertiary/aromatic N) is 1. The Morgan fingerprint density at radius 2 is 1.96 bits per heavy atom. The van der Waals surface area contributed by atoms with Gasteiger partial charge in [-0.2, -0.15) is 0 Å². The second-order valence-corrected chi connectivity index (χ2v) is 5.49. The molecule has 2 aromatic rings. The summed E-state index contributed by atoms with van der Waals surface area (Å²) in [5.41, 5.74) is 1.33. The number of rotatable bonds is 7. The molecule has 0 radical (unpaired) electrons. The number of benzene rings is 1. The Hall–Kier alpha value is -2.34. The van der Waals surface area contributed by atoms with Crippen LogP contribution in [0.3, 0.4) is 0 Å².